The van der Waals surface area contributed by atoms with Gasteiger partial charge in [-0.15, -0.1) is 10.2 Å². The number of thioether (sulfide) groups is 1. The van der Waals surface area contributed by atoms with Crippen molar-refractivity contribution in [2.45, 2.75) is 17.3 Å². The molecule has 0 aliphatic rings. The number of hydrogen-bond acceptors (Lipinski definition) is 6. The van der Waals surface area contributed by atoms with E-state index in [4.69, 9.17) is 4.42 Å². The van der Waals surface area contributed by atoms with Gasteiger partial charge in [0.1, 0.15) is 0 Å². The second-order valence-corrected chi connectivity index (χ2v) is 6.59. The van der Waals surface area contributed by atoms with Gasteiger partial charge < -0.3 is 9.73 Å². The molecule has 3 aromatic rings. The largest absolute Gasteiger partial charge is 0.461 e. The number of aromatic nitrogens is 3. The highest BCUT2D eigenvalue weighted by atomic mass is 32.2. The number of amides is 3. The zero-order valence-corrected chi connectivity index (χ0v) is 15.0. The van der Waals surface area contributed by atoms with Gasteiger partial charge in [-0.2, -0.15) is 0 Å². The van der Waals surface area contributed by atoms with Crippen LogP contribution in [0.3, 0.4) is 0 Å². The standard InChI is InChI=1S/C17H17N5O3S/c1-11(15(23)19-16(24)18-2)26-17-21-20-14(13-9-6-10-25-13)22(17)12-7-4-3-5-8-12/h3-11H,1-2H3,(H2,18,19,23,24). The number of benzene rings is 1. The Balaban J connectivity index is 1.93. The molecule has 0 radical (unpaired) electrons. The lowest BCUT2D eigenvalue weighted by atomic mass is 10.3. The lowest BCUT2D eigenvalue weighted by molar-refractivity contribution is -0.119. The Bertz CT molecular complexity index is 893. The van der Waals surface area contributed by atoms with E-state index in [9.17, 15) is 9.59 Å². The maximum absolute atomic E-state index is 12.1. The van der Waals surface area contributed by atoms with Gasteiger partial charge in [-0.1, -0.05) is 30.0 Å². The third-order valence-corrected chi connectivity index (χ3v) is 4.55. The summed E-state index contributed by atoms with van der Waals surface area (Å²) >= 11 is 1.20. The first-order chi connectivity index (χ1) is 12.6. The van der Waals surface area contributed by atoms with Gasteiger partial charge in [0.15, 0.2) is 10.9 Å². The topological polar surface area (TPSA) is 102 Å². The maximum Gasteiger partial charge on any atom is 0.321 e. The zero-order chi connectivity index (χ0) is 18.5. The first-order valence-electron chi connectivity index (χ1n) is 7.84. The number of nitrogens with zero attached hydrogens (tertiary/aromatic N) is 3. The molecular formula is C17H17N5O3S. The summed E-state index contributed by atoms with van der Waals surface area (Å²) in [5.41, 5.74) is 0.838. The van der Waals surface area contributed by atoms with Crippen LogP contribution in [0.2, 0.25) is 0 Å². The van der Waals surface area contributed by atoms with E-state index < -0.39 is 17.2 Å². The van der Waals surface area contributed by atoms with Crippen molar-refractivity contribution in [1.82, 2.24) is 25.4 Å². The van der Waals surface area contributed by atoms with Gasteiger partial charge in [-0.05, 0) is 31.2 Å². The van der Waals surface area contributed by atoms with Crippen molar-refractivity contribution >= 4 is 23.7 Å². The van der Waals surface area contributed by atoms with Crippen LogP contribution in [0, 0.1) is 0 Å². The number of rotatable bonds is 5. The highest BCUT2D eigenvalue weighted by Crippen LogP contribution is 2.30. The molecule has 0 saturated heterocycles. The number of hydrogen-bond donors (Lipinski definition) is 2. The molecule has 1 atom stereocenters. The predicted molar refractivity (Wildman–Crippen MR) is 97.0 cm³/mol. The van der Waals surface area contributed by atoms with E-state index in [1.54, 1.807) is 25.3 Å². The van der Waals surface area contributed by atoms with Crippen molar-refractivity contribution in [3.63, 3.8) is 0 Å². The number of furan rings is 1. The molecule has 0 fully saturated rings. The third-order valence-electron chi connectivity index (χ3n) is 3.50. The molecule has 2 aromatic heterocycles. The molecule has 8 nitrogen and oxygen atoms in total. The fraction of sp³-hybridized carbons (Fsp3) is 0.176. The third kappa shape index (κ3) is 3.77. The molecule has 1 aromatic carbocycles. The van der Waals surface area contributed by atoms with E-state index in [2.05, 4.69) is 20.8 Å². The minimum atomic E-state index is -0.553. The molecule has 0 aliphatic carbocycles. The average molecular weight is 371 g/mol. The van der Waals surface area contributed by atoms with Crippen LogP contribution in [0.5, 0.6) is 0 Å². The second-order valence-electron chi connectivity index (χ2n) is 5.28. The number of carbonyl (C=O) groups excluding carboxylic acids is 2. The summed E-state index contributed by atoms with van der Waals surface area (Å²) in [7, 11) is 1.45. The number of carbonyl (C=O) groups is 2. The molecule has 3 amide bonds. The summed E-state index contributed by atoms with van der Waals surface area (Å²) in [6, 6.07) is 12.5. The summed E-state index contributed by atoms with van der Waals surface area (Å²) in [5.74, 6) is 0.676. The molecule has 2 heterocycles. The normalized spacial score (nSPS) is 11.8. The summed E-state index contributed by atoms with van der Waals surface area (Å²) in [6.45, 7) is 1.69. The van der Waals surface area contributed by atoms with Gasteiger partial charge in [-0.25, -0.2) is 4.79 Å². The van der Waals surface area contributed by atoms with Crippen molar-refractivity contribution in [1.29, 1.82) is 0 Å². The smallest absolute Gasteiger partial charge is 0.321 e. The Kier molecular flexibility index (Phi) is 5.37. The lowest BCUT2D eigenvalue weighted by Crippen LogP contribution is -2.41. The minimum absolute atomic E-state index is 0.420. The highest BCUT2D eigenvalue weighted by Gasteiger charge is 2.23. The van der Waals surface area contributed by atoms with Crippen LogP contribution in [-0.4, -0.2) is 39.0 Å². The van der Waals surface area contributed by atoms with Gasteiger partial charge in [0.05, 0.1) is 11.5 Å². The van der Waals surface area contributed by atoms with E-state index in [0.29, 0.717) is 16.7 Å². The van der Waals surface area contributed by atoms with Gasteiger partial charge in [0, 0.05) is 12.7 Å². The molecule has 134 valence electrons. The molecule has 26 heavy (non-hydrogen) atoms. The van der Waals surface area contributed by atoms with E-state index >= 15 is 0 Å². The molecule has 1 unspecified atom stereocenters. The summed E-state index contributed by atoms with van der Waals surface area (Å²) < 4.78 is 7.26. The SMILES string of the molecule is CNC(=O)NC(=O)C(C)Sc1nnc(-c2ccco2)n1-c1ccccc1. The first-order valence-corrected chi connectivity index (χ1v) is 8.72. The van der Waals surface area contributed by atoms with Gasteiger partial charge >= 0.3 is 6.03 Å². The Labute approximate surface area is 154 Å². The van der Waals surface area contributed by atoms with Crippen molar-refractivity contribution in [3.8, 4) is 17.3 Å². The molecule has 0 spiro atoms. The number of nitrogens with one attached hydrogen (secondary N) is 2. The average Bonchev–Trinajstić information content (AvgIpc) is 3.31. The zero-order valence-electron chi connectivity index (χ0n) is 14.2. The van der Waals surface area contributed by atoms with E-state index in [1.165, 1.54) is 18.8 Å². The summed E-state index contributed by atoms with van der Waals surface area (Å²) in [6.07, 6.45) is 1.56. The van der Waals surface area contributed by atoms with E-state index in [0.717, 1.165) is 5.69 Å². The summed E-state index contributed by atoms with van der Waals surface area (Å²) in [5, 5.41) is 13.0. The quantitative estimate of drug-likeness (QED) is 0.668. The molecule has 0 saturated carbocycles. The lowest BCUT2D eigenvalue weighted by Gasteiger charge is -2.12. The van der Waals surface area contributed by atoms with E-state index in [-0.39, 0.29) is 0 Å². The Morgan fingerprint density at radius 1 is 1.15 bits per heavy atom. The van der Waals surface area contributed by atoms with Crippen molar-refractivity contribution < 1.29 is 14.0 Å². The number of para-hydroxylation sites is 1. The van der Waals surface area contributed by atoms with Crippen LogP contribution in [0.4, 0.5) is 4.79 Å². The van der Waals surface area contributed by atoms with Crippen LogP contribution in [0.1, 0.15) is 6.92 Å². The van der Waals surface area contributed by atoms with Gasteiger partial charge in [0.25, 0.3) is 0 Å². The van der Waals surface area contributed by atoms with Crippen molar-refractivity contribution in [2.75, 3.05) is 7.05 Å². The fourth-order valence-electron chi connectivity index (χ4n) is 2.21. The predicted octanol–water partition coefficient (Wildman–Crippen LogP) is 2.46. The minimum Gasteiger partial charge on any atom is -0.461 e. The molecule has 0 bridgehead atoms. The molecule has 9 heteroatoms. The Morgan fingerprint density at radius 2 is 1.92 bits per heavy atom. The monoisotopic (exact) mass is 371 g/mol. The second kappa shape index (κ2) is 7.87. The fourth-order valence-corrected chi connectivity index (χ4v) is 3.08. The molecular weight excluding hydrogens is 354 g/mol. The highest BCUT2D eigenvalue weighted by molar-refractivity contribution is 8.00. The van der Waals surface area contributed by atoms with Crippen LogP contribution < -0.4 is 10.6 Å². The van der Waals surface area contributed by atoms with Crippen LogP contribution in [0.15, 0.2) is 58.3 Å². The van der Waals surface area contributed by atoms with Gasteiger partial charge in [0.2, 0.25) is 11.7 Å². The molecule has 3 rings (SSSR count). The molecule has 0 aliphatic heterocycles. The number of imide groups is 1. The van der Waals surface area contributed by atoms with Crippen LogP contribution in [0.25, 0.3) is 17.3 Å². The Morgan fingerprint density at radius 3 is 2.58 bits per heavy atom. The van der Waals surface area contributed by atoms with Gasteiger partial charge in [-0.3, -0.25) is 14.7 Å². The van der Waals surface area contributed by atoms with Crippen LogP contribution >= 0.6 is 11.8 Å². The number of urea groups is 1. The Hall–Kier alpha value is -3.07. The summed E-state index contributed by atoms with van der Waals surface area (Å²) in [4.78, 5) is 23.5. The molecule has 2 N–H and O–H groups in total. The van der Waals surface area contributed by atoms with Crippen molar-refractivity contribution in [3.05, 3.63) is 48.7 Å². The van der Waals surface area contributed by atoms with Crippen LogP contribution in [-0.2, 0) is 4.79 Å². The first kappa shape index (κ1) is 17.7. The maximum atomic E-state index is 12.1. The van der Waals surface area contributed by atoms with E-state index in [1.807, 2.05) is 34.9 Å². The van der Waals surface area contributed by atoms with Crippen molar-refractivity contribution in [2.24, 2.45) is 0 Å².